The van der Waals surface area contributed by atoms with Crippen LogP contribution in [0.15, 0.2) is 48.5 Å². The third-order valence-electron chi connectivity index (χ3n) is 5.14. The second-order valence-corrected chi connectivity index (χ2v) is 7.24. The lowest BCUT2D eigenvalue weighted by molar-refractivity contribution is -0.231. The number of aryl methyl sites for hydroxylation is 1. The van der Waals surface area contributed by atoms with E-state index in [1.807, 2.05) is 24.3 Å². The minimum Gasteiger partial charge on any atom is -0.394 e. The van der Waals surface area contributed by atoms with E-state index >= 15 is 0 Å². The van der Waals surface area contributed by atoms with E-state index in [0.717, 1.165) is 24.8 Å². The van der Waals surface area contributed by atoms with E-state index in [9.17, 15) is 20.4 Å². The van der Waals surface area contributed by atoms with Gasteiger partial charge in [-0.25, -0.2) is 0 Å². The fourth-order valence-corrected chi connectivity index (χ4v) is 3.61. The molecule has 1 heterocycles. The van der Waals surface area contributed by atoms with Crippen molar-refractivity contribution in [2.75, 3.05) is 6.61 Å². The second kappa shape index (κ2) is 8.95. The smallest absolute Gasteiger partial charge is 0.113 e. The third kappa shape index (κ3) is 4.57. The Balaban J connectivity index is 1.76. The Hall–Kier alpha value is -1.76. The van der Waals surface area contributed by atoms with Gasteiger partial charge in [0.05, 0.1) is 6.61 Å². The Morgan fingerprint density at radius 3 is 2.22 bits per heavy atom. The van der Waals surface area contributed by atoms with Crippen molar-refractivity contribution in [1.29, 1.82) is 0 Å². The SMILES string of the molecule is CCCc1ccc(Cc2cccc([C@@H]3O[C@H](CO)[C@@H](O)[C@H](O)[C@H]3O)c2)cc1. The van der Waals surface area contributed by atoms with Gasteiger partial charge in [0, 0.05) is 0 Å². The summed E-state index contributed by atoms with van der Waals surface area (Å²) in [7, 11) is 0. The van der Waals surface area contributed by atoms with Crippen LogP contribution >= 0.6 is 0 Å². The Bertz CT molecular complexity index is 728. The van der Waals surface area contributed by atoms with Gasteiger partial charge >= 0.3 is 0 Å². The molecule has 146 valence electrons. The van der Waals surface area contributed by atoms with Crippen LogP contribution in [0.5, 0.6) is 0 Å². The molecule has 1 aliphatic rings. The number of rotatable bonds is 6. The molecule has 5 heteroatoms. The summed E-state index contributed by atoms with van der Waals surface area (Å²) in [5.41, 5.74) is 4.30. The maximum Gasteiger partial charge on any atom is 0.113 e. The first kappa shape index (κ1) is 20.0. The van der Waals surface area contributed by atoms with Gasteiger partial charge in [0.15, 0.2) is 0 Å². The molecule has 3 rings (SSSR count). The number of aliphatic hydroxyl groups excluding tert-OH is 4. The van der Waals surface area contributed by atoms with Crippen molar-refractivity contribution in [3.63, 3.8) is 0 Å². The van der Waals surface area contributed by atoms with Crippen molar-refractivity contribution in [3.8, 4) is 0 Å². The van der Waals surface area contributed by atoms with Crippen molar-refractivity contribution in [2.45, 2.75) is 56.7 Å². The monoisotopic (exact) mass is 372 g/mol. The van der Waals surface area contributed by atoms with Crippen molar-refractivity contribution in [1.82, 2.24) is 0 Å². The normalized spacial score (nSPS) is 28.3. The zero-order valence-corrected chi connectivity index (χ0v) is 15.5. The molecule has 27 heavy (non-hydrogen) atoms. The second-order valence-electron chi connectivity index (χ2n) is 7.24. The van der Waals surface area contributed by atoms with Crippen LogP contribution in [0, 0.1) is 0 Å². The van der Waals surface area contributed by atoms with Crippen LogP contribution in [-0.2, 0) is 17.6 Å². The fourth-order valence-electron chi connectivity index (χ4n) is 3.61. The van der Waals surface area contributed by atoms with Crippen LogP contribution in [0.2, 0.25) is 0 Å². The van der Waals surface area contributed by atoms with E-state index in [4.69, 9.17) is 4.74 Å². The molecule has 4 N–H and O–H groups in total. The maximum absolute atomic E-state index is 10.3. The number of aliphatic hydroxyl groups is 4. The highest BCUT2D eigenvalue weighted by Gasteiger charge is 2.43. The molecule has 5 nitrogen and oxygen atoms in total. The molecule has 0 amide bonds. The zero-order valence-electron chi connectivity index (χ0n) is 15.5. The van der Waals surface area contributed by atoms with Gasteiger partial charge in [-0.3, -0.25) is 0 Å². The van der Waals surface area contributed by atoms with E-state index < -0.39 is 37.1 Å². The molecule has 1 aliphatic heterocycles. The van der Waals surface area contributed by atoms with Crippen molar-refractivity contribution in [2.24, 2.45) is 0 Å². The molecule has 0 unspecified atom stereocenters. The van der Waals surface area contributed by atoms with Crippen LogP contribution in [0.25, 0.3) is 0 Å². The molecule has 2 aromatic rings. The van der Waals surface area contributed by atoms with Gasteiger partial charge in [-0.15, -0.1) is 0 Å². The molecular weight excluding hydrogens is 344 g/mol. The summed E-state index contributed by atoms with van der Waals surface area (Å²) in [5, 5.41) is 39.6. The Labute approximate surface area is 159 Å². The maximum atomic E-state index is 10.3. The molecule has 0 spiro atoms. The van der Waals surface area contributed by atoms with Crippen LogP contribution in [0.4, 0.5) is 0 Å². The minimum absolute atomic E-state index is 0.425. The van der Waals surface area contributed by atoms with E-state index in [-0.39, 0.29) is 0 Å². The van der Waals surface area contributed by atoms with E-state index in [1.54, 1.807) is 0 Å². The molecule has 0 bridgehead atoms. The molecular formula is C22H28O5. The summed E-state index contributed by atoms with van der Waals surface area (Å²) >= 11 is 0. The van der Waals surface area contributed by atoms with Crippen LogP contribution in [0.3, 0.4) is 0 Å². The van der Waals surface area contributed by atoms with Gasteiger partial charge in [-0.2, -0.15) is 0 Å². The predicted octanol–water partition coefficient (Wildman–Crippen LogP) is 1.74. The summed E-state index contributed by atoms with van der Waals surface area (Å²) in [6.07, 6.45) is -2.71. The van der Waals surface area contributed by atoms with E-state index in [1.165, 1.54) is 11.1 Å². The molecule has 0 aliphatic carbocycles. The highest BCUT2D eigenvalue weighted by molar-refractivity contribution is 5.32. The minimum atomic E-state index is -1.37. The lowest BCUT2D eigenvalue weighted by Gasteiger charge is -2.40. The number of benzene rings is 2. The standard InChI is InChI=1S/C22H28O5/c1-2-4-14-7-9-15(10-8-14)11-16-5-3-6-17(12-16)22-21(26)20(25)19(24)18(13-23)27-22/h3,5-10,12,18-26H,2,4,11,13H2,1H3/t18-,19-,20+,21-,22+/m1/s1. The van der Waals surface area contributed by atoms with Crippen molar-refractivity contribution >= 4 is 0 Å². The van der Waals surface area contributed by atoms with Crippen molar-refractivity contribution in [3.05, 3.63) is 70.8 Å². The average Bonchev–Trinajstić information content (AvgIpc) is 2.68. The molecule has 0 radical (unpaired) electrons. The number of hydrogen-bond donors (Lipinski definition) is 4. The number of ether oxygens (including phenoxy) is 1. The average molecular weight is 372 g/mol. The van der Waals surface area contributed by atoms with Crippen LogP contribution in [0.1, 0.15) is 41.7 Å². The first-order chi connectivity index (χ1) is 13.0. The molecule has 1 saturated heterocycles. The van der Waals surface area contributed by atoms with E-state index in [2.05, 4.69) is 31.2 Å². The molecule has 0 saturated carbocycles. The Morgan fingerprint density at radius 1 is 0.852 bits per heavy atom. The van der Waals surface area contributed by atoms with Gasteiger partial charge in [0.2, 0.25) is 0 Å². The predicted molar refractivity (Wildman–Crippen MR) is 102 cm³/mol. The summed E-state index contributed by atoms with van der Waals surface area (Å²) in [6.45, 7) is 1.74. The van der Waals surface area contributed by atoms with Gasteiger partial charge in [0.25, 0.3) is 0 Å². The largest absolute Gasteiger partial charge is 0.394 e. The quantitative estimate of drug-likeness (QED) is 0.620. The van der Waals surface area contributed by atoms with Gasteiger partial charge in [-0.05, 0) is 35.1 Å². The molecule has 0 aromatic heterocycles. The third-order valence-corrected chi connectivity index (χ3v) is 5.14. The fraction of sp³-hybridized carbons (Fsp3) is 0.455. The number of hydrogen-bond acceptors (Lipinski definition) is 5. The summed E-state index contributed by atoms with van der Waals surface area (Å²) < 4.78 is 5.65. The molecule has 2 aromatic carbocycles. The molecule has 5 atom stereocenters. The highest BCUT2D eigenvalue weighted by Crippen LogP contribution is 2.32. The summed E-state index contributed by atoms with van der Waals surface area (Å²) in [6, 6.07) is 16.2. The van der Waals surface area contributed by atoms with Gasteiger partial charge < -0.3 is 25.2 Å². The van der Waals surface area contributed by atoms with Gasteiger partial charge in [0.1, 0.15) is 30.5 Å². The molecule has 1 fully saturated rings. The Morgan fingerprint density at radius 2 is 1.56 bits per heavy atom. The summed E-state index contributed by atoms with van der Waals surface area (Å²) in [4.78, 5) is 0. The van der Waals surface area contributed by atoms with E-state index in [0.29, 0.717) is 5.56 Å². The topological polar surface area (TPSA) is 90.2 Å². The van der Waals surface area contributed by atoms with Gasteiger partial charge in [-0.1, -0.05) is 61.9 Å². The zero-order chi connectivity index (χ0) is 19.4. The first-order valence-corrected chi connectivity index (χ1v) is 9.50. The lowest BCUT2D eigenvalue weighted by Crippen LogP contribution is -2.55. The summed E-state index contributed by atoms with van der Waals surface area (Å²) in [5.74, 6) is 0. The van der Waals surface area contributed by atoms with Crippen molar-refractivity contribution < 1.29 is 25.2 Å². The first-order valence-electron chi connectivity index (χ1n) is 9.50. The highest BCUT2D eigenvalue weighted by atomic mass is 16.5. The lowest BCUT2D eigenvalue weighted by atomic mass is 9.90. The Kier molecular flexibility index (Phi) is 6.63. The van der Waals surface area contributed by atoms with Crippen LogP contribution in [-0.4, -0.2) is 51.4 Å². The van der Waals surface area contributed by atoms with Crippen LogP contribution < -0.4 is 0 Å².